The Hall–Kier alpha value is -2.14. The number of carbonyl (C=O) groups excluding carboxylic acids is 2. The Balaban J connectivity index is 0.0000198. The molecular formula is C54H96Br2N4O4. The fourth-order valence-electron chi connectivity index (χ4n) is 8.31. The Bertz CT molecular complexity index is 1290. The summed E-state index contributed by atoms with van der Waals surface area (Å²) in [6.45, 7) is 8.81. The summed E-state index contributed by atoms with van der Waals surface area (Å²) in [7, 11) is 8.52. The third kappa shape index (κ3) is 35.1. The van der Waals surface area contributed by atoms with Gasteiger partial charge >= 0.3 is 0 Å². The van der Waals surface area contributed by atoms with Crippen LogP contribution in [0.1, 0.15) is 194 Å². The topological polar surface area (TPSA) is 76.7 Å². The second-order valence-electron chi connectivity index (χ2n) is 19.7. The normalized spacial score (nSPS) is 11.4. The van der Waals surface area contributed by atoms with Crippen LogP contribution >= 0.6 is 0 Å². The van der Waals surface area contributed by atoms with Crippen molar-refractivity contribution in [1.82, 2.24) is 0 Å². The van der Waals surface area contributed by atoms with Gasteiger partial charge in [0, 0.05) is 11.4 Å². The van der Waals surface area contributed by atoms with Crippen LogP contribution in [-0.4, -0.2) is 88.4 Å². The number of halogens is 2. The molecule has 370 valence electrons. The van der Waals surface area contributed by atoms with E-state index in [9.17, 15) is 9.59 Å². The van der Waals surface area contributed by atoms with Crippen LogP contribution in [0.25, 0.3) is 0 Å². The SMILES string of the molecule is CCCCCCCCCCCCCCOc1ccc(NC(=O)C[N+](C)(C)CCCCCC[N+](C)(C)CC(=O)Nc2ccc(OCCCCCCCCCCCCCC)cc2)cc1.[Br-].[Br-]. The first kappa shape index (κ1) is 61.9. The number of nitrogens with zero attached hydrogens (tertiary/aromatic N) is 2. The molecule has 2 aromatic carbocycles. The van der Waals surface area contributed by atoms with Crippen molar-refractivity contribution < 1.29 is 62.0 Å². The zero-order chi connectivity index (χ0) is 45.0. The van der Waals surface area contributed by atoms with Crippen molar-refractivity contribution in [1.29, 1.82) is 0 Å². The Morgan fingerprint density at radius 3 is 0.922 bits per heavy atom. The molecule has 0 aliphatic carbocycles. The van der Waals surface area contributed by atoms with E-state index in [2.05, 4.69) is 52.7 Å². The molecule has 2 rings (SSSR count). The Labute approximate surface area is 414 Å². The molecule has 0 bridgehead atoms. The first-order valence-corrected chi connectivity index (χ1v) is 25.7. The van der Waals surface area contributed by atoms with Gasteiger partial charge in [-0.1, -0.05) is 155 Å². The summed E-state index contributed by atoms with van der Waals surface area (Å²) in [6.07, 6.45) is 36.5. The number of quaternary nitrogens is 2. The van der Waals surface area contributed by atoms with Crippen molar-refractivity contribution in [3.05, 3.63) is 48.5 Å². The van der Waals surface area contributed by atoms with E-state index < -0.39 is 0 Å². The van der Waals surface area contributed by atoms with Gasteiger partial charge in [0.2, 0.25) is 0 Å². The van der Waals surface area contributed by atoms with Crippen molar-refractivity contribution >= 4 is 23.2 Å². The second kappa shape index (κ2) is 40.0. The second-order valence-corrected chi connectivity index (χ2v) is 19.7. The largest absolute Gasteiger partial charge is 1.00 e. The molecule has 0 saturated heterocycles. The average molecular weight is 1030 g/mol. The molecule has 0 aliphatic rings. The molecule has 0 unspecified atom stereocenters. The summed E-state index contributed by atoms with van der Waals surface area (Å²) in [5, 5.41) is 6.15. The van der Waals surface area contributed by atoms with Crippen LogP contribution in [0, 0.1) is 0 Å². The molecule has 8 nitrogen and oxygen atoms in total. The van der Waals surface area contributed by atoms with Crippen LogP contribution in [0.5, 0.6) is 11.5 Å². The highest BCUT2D eigenvalue weighted by molar-refractivity contribution is 5.92. The van der Waals surface area contributed by atoms with Gasteiger partial charge in [-0.25, -0.2) is 0 Å². The maximum Gasteiger partial charge on any atom is 0.279 e. The maximum atomic E-state index is 12.9. The van der Waals surface area contributed by atoms with Crippen molar-refractivity contribution in [2.45, 2.75) is 194 Å². The lowest BCUT2D eigenvalue weighted by atomic mass is 10.1. The highest BCUT2D eigenvalue weighted by Gasteiger charge is 2.22. The van der Waals surface area contributed by atoms with E-state index in [0.717, 1.165) is 87.7 Å². The minimum absolute atomic E-state index is 0. The fraction of sp³-hybridized carbons (Fsp3) is 0.741. The lowest BCUT2D eigenvalue weighted by Gasteiger charge is -2.30. The van der Waals surface area contributed by atoms with Crippen molar-refractivity contribution in [2.24, 2.45) is 0 Å². The number of anilines is 2. The maximum absolute atomic E-state index is 12.9. The molecule has 2 N–H and O–H groups in total. The predicted molar refractivity (Wildman–Crippen MR) is 265 cm³/mol. The fourth-order valence-corrected chi connectivity index (χ4v) is 8.31. The van der Waals surface area contributed by atoms with Crippen molar-refractivity contribution in [3.63, 3.8) is 0 Å². The Morgan fingerprint density at radius 1 is 0.391 bits per heavy atom. The molecule has 0 spiro atoms. The standard InChI is InChI=1S/C54H94N4O4.2BrH/c1-7-9-11-13-15-17-19-21-23-25-29-33-45-61-51-39-35-49(36-40-51)55-53(59)47-57(3,4)43-31-27-28-32-44-58(5,6)48-54(60)56-50-37-41-52(42-38-50)62-46-34-30-26-24-22-20-18-16-14-12-10-8-2;;/h35-42H,7-34,43-48H2,1-6H3;2*1H. The van der Waals surface area contributed by atoms with Gasteiger partial charge in [-0.05, 0) is 87.1 Å². The van der Waals surface area contributed by atoms with E-state index in [1.165, 1.54) is 141 Å². The molecule has 0 heterocycles. The van der Waals surface area contributed by atoms with Crippen molar-refractivity contribution in [2.75, 3.05) is 78.2 Å². The molecule has 2 aromatic rings. The highest BCUT2D eigenvalue weighted by atomic mass is 79.9. The number of ether oxygens (including phenoxy) is 2. The summed E-state index contributed by atoms with van der Waals surface area (Å²) in [4.78, 5) is 25.8. The van der Waals surface area contributed by atoms with E-state index in [1.54, 1.807) is 0 Å². The number of hydrogen-bond donors (Lipinski definition) is 2. The summed E-state index contributed by atoms with van der Waals surface area (Å²) in [5.41, 5.74) is 1.62. The number of hydrogen-bond acceptors (Lipinski definition) is 4. The minimum atomic E-state index is 0. The van der Waals surface area contributed by atoms with E-state index in [1.807, 2.05) is 48.5 Å². The molecule has 0 radical (unpaired) electrons. The quantitative estimate of drug-likeness (QED) is 0.0522. The molecule has 0 aliphatic heterocycles. The summed E-state index contributed by atoms with van der Waals surface area (Å²) >= 11 is 0. The first-order chi connectivity index (χ1) is 30.0. The number of benzene rings is 2. The smallest absolute Gasteiger partial charge is 0.279 e. The van der Waals surface area contributed by atoms with E-state index in [-0.39, 0.29) is 45.8 Å². The Kier molecular flexibility index (Phi) is 38.6. The minimum Gasteiger partial charge on any atom is -1.00 e. The van der Waals surface area contributed by atoms with Crippen LogP contribution in [0.2, 0.25) is 0 Å². The van der Waals surface area contributed by atoms with Gasteiger partial charge in [-0.15, -0.1) is 0 Å². The molecule has 2 amide bonds. The lowest BCUT2D eigenvalue weighted by Crippen LogP contribution is -3.00. The van der Waals surface area contributed by atoms with Gasteiger partial charge in [0.15, 0.2) is 13.1 Å². The van der Waals surface area contributed by atoms with E-state index in [0.29, 0.717) is 22.1 Å². The number of carbonyl (C=O) groups is 2. The predicted octanol–water partition coefficient (Wildman–Crippen LogP) is 8.14. The van der Waals surface area contributed by atoms with E-state index >= 15 is 0 Å². The zero-order valence-corrected chi connectivity index (χ0v) is 45.1. The summed E-state index contributed by atoms with van der Waals surface area (Å²) in [6, 6.07) is 15.6. The summed E-state index contributed by atoms with van der Waals surface area (Å²) in [5.74, 6) is 1.79. The lowest BCUT2D eigenvalue weighted by molar-refractivity contribution is -0.883. The van der Waals surface area contributed by atoms with Gasteiger partial charge in [0.25, 0.3) is 11.8 Å². The average Bonchev–Trinajstić information content (AvgIpc) is 3.23. The van der Waals surface area contributed by atoms with Crippen LogP contribution in [-0.2, 0) is 9.59 Å². The van der Waals surface area contributed by atoms with Crippen LogP contribution in [0.3, 0.4) is 0 Å². The number of nitrogens with one attached hydrogen (secondary N) is 2. The third-order valence-electron chi connectivity index (χ3n) is 12.2. The van der Waals surface area contributed by atoms with Gasteiger partial charge < -0.3 is 63.0 Å². The van der Waals surface area contributed by atoms with Crippen molar-refractivity contribution in [3.8, 4) is 11.5 Å². The first-order valence-electron chi connectivity index (χ1n) is 25.7. The third-order valence-corrected chi connectivity index (χ3v) is 12.2. The molecule has 0 aromatic heterocycles. The Morgan fingerprint density at radius 2 is 0.641 bits per heavy atom. The number of unbranched alkanes of at least 4 members (excludes halogenated alkanes) is 25. The molecule has 0 fully saturated rings. The number of amides is 2. The number of rotatable bonds is 41. The summed E-state index contributed by atoms with van der Waals surface area (Å²) < 4.78 is 13.2. The van der Waals surface area contributed by atoms with Gasteiger partial charge in [0.05, 0.1) is 54.5 Å². The molecule has 0 atom stereocenters. The highest BCUT2D eigenvalue weighted by Crippen LogP contribution is 2.20. The van der Waals surface area contributed by atoms with E-state index in [4.69, 9.17) is 9.47 Å². The monoisotopic (exact) mass is 1020 g/mol. The van der Waals surface area contributed by atoms with Gasteiger partial charge in [-0.2, -0.15) is 0 Å². The van der Waals surface area contributed by atoms with Gasteiger partial charge in [-0.3, -0.25) is 9.59 Å². The molecule has 64 heavy (non-hydrogen) atoms. The van der Waals surface area contributed by atoms with Crippen LogP contribution in [0.4, 0.5) is 11.4 Å². The van der Waals surface area contributed by atoms with Gasteiger partial charge in [0.1, 0.15) is 11.5 Å². The van der Waals surface area contributed by atoms with Crippen LogP contribution < -0.4 is 54.1 Å². The number of likely N-dealkylation sites (N-methyl/N-ethyl adjacent to an activating group) is 2. The molecule has 10 heteroatoms. The zero-order valence-electron chi connectivity index (χ0n) is 41.9. The molecule has 0 saturated carbocycles. The van der Waals surface area contributed by atoms with Crippen LogP contribution in [0.15, 0.2) is 48.5 Å². The molecular weight excluding hydrogens is 928 g/mol.